The summed E-state index contributed by atoms with van der Waals surface area (Å²) in [6, 6.07) is 9.94. The van der Waals surface area contributed by atoms with E-state index in [0.717, 1.165) is 0 Å². The summed E-state index contributed by atoms with van der Waals surface area (Å²) in [6.07, 6.45) is 0. The number of rotatable bonds is 8. The first kappa shape index (κ1) is 21.8. The number of ether oxygens (including phenoxy) is 3. The normalized spacial score (nSPS) is 12.7. The van der Waals surface area contributed by atoms with Crippen molar-refractivity contribution in [3.05, 3.63) is 47.5 Å². The molecule has 0 unspecified atom stereocenters. The number of nitrogens with zero attached hydrogens (tertiary/aromatic N) is 1. The van der Waals surface area contributed by atoms with E-state index in [0.29, 0.717) is 28.4 Å². The standard InChI is InChI=1S/C21H25NO7S/c1-5-30(24,25)29-20-10-15(6-8-17(20)26-4)12-22(14(2)3)21(23)16-7-9-18-19(11-16)28-13-27-18/h6-11,14H,5,12-13H2,1-4H3. The molecule has 0 N–H and O–H groups in total. The topological polar surface area (TPSA) is 91.4 Å². The first-order valence-corrected chi connectivity index (χ1v) is 11.1. The number of carbonyl (C=O) groups is 1. The highest BCUT2D eigenvalue weighted by molar-refractivity contribution is 7.87. The fourth-order valence-corrected chi connectivity index (χ4v) is 3.48. The minimum atomic E-state index is -3.72. The number of methoxy groups -OCH3 is 1. The van der Waals surface area contributed by atoms with Crippen LogP contribution in [0.4, 0.5) is 0 Å². The van der Waals surface area contributed by atoms with E-state index in [4.69, 9.17) is 18.4 Å². The third-order valence-corrected chi connectivity index (χ3v) is 5.80. The highest BCUT2D eigenvalue weighted by atomic mass is 32.2. The maximum atomic E-state index is 13.2. The van der Waals surface area contributed by atoms with Crippen LogP contribution in [0.1, 0.15) is 36.7 Å². The molecule has 0 fully saturated rings. The molecule has 2 aromatic carbocycles. The van der Waals surface area contributed by atoms with Crippen LogP contribution in [-0.2, 0) is 16.7 Å². The minimum Gasteiger partial charge on any atom is -0.493 e. The molecule has 8 nitrogen and oxygen atoms in total. The molecule has 1 aliphatic rings. The Labute approximate surface area is 176 Å². The van der Waals surface area contributed by atoms with Crippen LogP contribution < -0.4 is 18.4 Å². The molecule has 162 valence electrons. The second-order valence-corrected chi connectivity index (χ2v) is 8.87. The van der Waals surface area contributed by atoms with Crippen molar-refractivity contribution < 1.29 is 31.6 Å². The predicted octanol–water partition coefficient (Wildman–Crippen LogP) is 3.20. The SMILES string of the molecule is CCS(=O)(=O)Oc1cc(CN(C(=O)c2ccc3c(c2)OCO3)C(C)C)ccc1OC. The van der Waals surface area contributed by atoms with Crippen LogP contribution in [0, 0.1) is 0 Å². The lowest BCUT2D eigenvalue weighted by molar-refractivity contribution is 0.0689. The van der Waals surface area contributed by atoms with Gasteiger partial charge in [0, 0.05) is 18.2 Å². The van der Waals surface area contributed by atoms with Crippen LogP contribution in [-0.4, -0.2) is 44.9 Å². The average molecular weight is 435 g/mol. The van der Waals surface area contributed by atoms with E-state index in [2.05, 4.69) is 0 Å². The quantitative estimate of drug-likeness (QED) is 0.588. The van der Waals surface area contributed by atoms with Gasteiger partial charge in [-0.15, -0.1) is 0 Å². The maximum absolute atomic E-state index is 13.2. The fourth-order valence-electron chi connectivity index (χ4n) is 2.96. The molecule has 0 atom stereocenters. The molecule has 1 aliphatic heterocycles. The van der Waals surface area contributed by atoms with Gasteiger partial charge >= 0.3 is 10.1 Å². The van der Waals surface area contributed by atoms with Gasteiger partial charge in [-0.2, -0.15) is 8.42 Å². The molecule has 0 aromatic heterocycles. The molecule has 0 saturated heterocycles. The summed E-state index contributed by atoms with van der Waals surface area (Å²) in [5.74, 6) is 1.19. The summed E-state index contributed by atoms with van der Waals surface area (Å²) in [6.45, 7) is 5.71. The first-order valence-electron chi connectivity index (χ1n) is 9.53. The number of hydrogen-bond donors (Lipinski definition) is 0. The molecule has 0 radical (unpaired) electrons. The molecule has 9 heteroatoms. The van der Waals surface area contributed by atoms with Crippen molar-refractivity contribution in [2.45, 2.75) is 33.4 Å². The third-order valence-electron chi connectivity index (χ3n) is 4.65. The van der Waals surface area contributed by atoms with Gasteiger partial charge in [0.05, 0.1) is 12.9 Å². The Morgan fingerprint density at radius 1 is 1.10 bits per heavy atom. The Balaban J connectivity index is 1.87. The van der Waals surface area contributed by atoms with Crippen LogP contribution >= 0.6 is 0 Å². The lowest BCUT2D eigenvalue weighted by atomic mass is 10.1. The Hall–Kier alpha value is -2.94. The zero-order valence-corrected chi connectivity index (χ0v) is 18.2. The summed E-state index contributed by atoms with van der Waals surface area (Å²) in [4.78, 5) is 14.8. The van der Waals surface area contributed by atoms with E-state index in [1.165, 1.54) is 14.0 Å². The molecular weight excluding hydrogens is 410 g/mol. The van der Waals surface area contributed by atoms with Gasteiger partial charge in [0.25, 0.3) is 5.91 Å². The zero-order chi connectivity index (χ0) is 21.9. The van der Waals surface area contributed by atoms with Gasteiger partial charge in [0.15, 0.2) is 23.0 Å². The summed E-state index contributed by atoms with van der Waals surface area (Å²) in [5.41, 5.74) is 1.19. The second kappa shape index (κ2) is 8.83. The number of amides is 1. The van der Waals surface area contributed by atoms with E-state index in [-0.39, 0.29) is 36.8 Å². The van der Waals surface area contributed by atoms with Gasteiger partial charge in [-0.1, -0.05) is 6.07 Å². The molecule has 1 heterocycles. The minimum absolute atomic E-state index is 0.0936. The second-order valence-electron chi connectivity index (χ2n) is 7.01. The molecule has 3 rings (SSSR count). The van der Waals surface area contributed by atoms with Gasteiger partial charge < -0.3 is 23.3 Å². The Bertz CT molecular complexity index is 1030. The number of benzene rings is 2. The summed E-state index contributed by atoms with van der Waals surface area (Å²) in [5, 5.41) is 0. The van der Waals surface area contributed by atoms with E-state index < -0.39 is 10.1 Å². The van der Waals surface area contributed by atoms with Crippen LogP contribution in [0.5, 0.6) is 23.0 Å². The van der Waals surface area contributed by atoms with E-state index in [9.17, 15) is 13.2 Å². The maximum Gasteiger partial charge on any atom is 0.309 e. The van der Waals surface area contributed by atoms with Crippen LogP contribution in [0.3, 0.4) is 0 Å². The van der Waals surface area contributed by atoms with Crippen molar-refractivity contribution in [3.8, 4) is 23.0 Å². The zero-order valence-electron chi connectivity index (χ0n) is 17.4. The molecule has 2 aromatic rings. The Morgan fingerprint density at radius 2 is 1.83 bits per heavy atom. The molecule has 0 saturated carbocycles. The van der Waals surface area contributed by atoms with Crippen molar-refractivity contribution in [2.75, 3.05) is 19.7 Å². The molecule has 0 aliphatic carbocycles. The highest BCUT2D eigenvalue weighted by Gasteiger charge is 2.23. The molecule has 0 spiro atoms. The molecular formula is C21H25NO7S. The molecule has 0 bridgehead atoms. The van der Waals surface area contributed by atoms with Crippen LogP contribution in [0.15, 0.2) is 36.4 Å². The first-order chi connectivity index (χ1) is 14.2. The van der Waals surface area contributed by atoms with Gasteiger partial charge in [0.2, 0.25) is 6.79 Å². The number of fused-ring (bicyclic) bond motifs is 1. The molecule has 1 amide bonds. The van der Waals surface area contributed by atoms with E-state index >= 15 is 0 Å². The van der Waals surface area contributed by atoms with Gasteiger partial charge in [-0.05, 0) is 56.7 Å². The monoisotopic (exact) mass is 435 g/mol. The average Bonchev–Trinajstić information content (AvgIpc) is 3.19. The van der Waals surface area contributed by atoms with Gasteiger partial charge in [0.1, 0.15) is 0 Å². The lowest BCUT2D eigenvalue weighted by Crippen LogP contribution is -2.36. The molecule has 30 heavy (non-hydrogen) atoms. The van der Waals surface area contributed by atoms with Gasteiger partial charge in [-0.3, -0.25) is 4.79 Å². The van der Waals surface area contributed by atoms with Crippen LogP contribution in [0.2, 0.25) is 0 Å². The highest BCUT2D eigenvalue weighted by Crippen LogP contribution is 2.34. The van der Waals surface area contributed by atoms with Crippen molar-refractivity contribution in [1.29, 1.82) is 0 Å². The van der Waals surface area contributed by atoms with Crippen molar-refractivity contribution >= 4 is 16.0 Å². The third kappa shape index (κ3) is 4.79. The fraction of sp³-hybridized carbons (Fsp3) is 0.381. The largest absolute Gasteiger partial charge is 0.493 e. The number of hydrogen-bond acceptors (Lipinski definition) is 7. The number of carbonyl (C=O) groups excluding carboxylic acids is 1. The summed E-state index contributed by atoms with van der Waals surface area (Å²) >= 11 is 0. The van der Waals surface area contributed by atoms with Crippen LogP contribution in [0.25, 0.3) is 0 Å². The van der Waals surface area contributed by atoms with Crippen molar-refractivity contribution in [2.24, 2.45) is 0 Å². The predicted molar refractivity (Wildman–Crippen MR) is 111 cm³/mol. The Kier molecular flexibility index (Phi) is 6.40. The Morgan fingerprint density at radius 3 is 2.50 bits per heavy atom. The summed E-state index contributed by atoms with van der Waals surface area (Å²) in [7, 11) is -2.28. The smallest absolute Gasteiger partial charge is 0.309 e. The van der Waals surface area contributed by atoms with Crippen molar-refractivity contribution in [3.63, 3.8) is 0 Å². The van der Waals surface area contributed by atoms with E-state index in [1.807, 2.05) is 13.8 Å². The summed E-state index contributed by atoms with van der Waals surface area (Å²) < 4.78 is 44.8. The van der Waals surface area contributed by atoms with Crippen molar-refractivity contribution in [1.82, 2.24) is 4.90 Å². The van der Waals surface area contributed by atoms with Gasteiger partial charge in [-0.25, -0.2) is 0 Å². The lowest BCUT2D eigenvalue weighted by Gasteiger charge is -2.27. The van der Waals surface area contributed by atoms with E-state index in [1.54, 1.807) is 41.3 Å².